The number of ether oxygens (including phenoxy) is 1. The zero-order chi connectivity index (χ0) is 18.3. The average Bonchev–Trinajstić information content (AvgIpc) is 2.98. The van der Waals surface area contributed by atoms with E-state index >= 15 is 0 Å². The van der Waals surface area contributed by atoms with Crippen LogP contribution in [-0.4, -0.2) is 27.8 Å². The highest BCUT2D eigenvalue weighted by atomic mass is 16.5. The smallest absolute Gasteiger partial charge is 0.226 e. The minimum absolute atomic E-state index is 0.0217. The standard InChI is InChI=1S/C20H20N4O2/c1-12-4-7-15(8-5-12)24-20-19(13(2)23-24)16(10-17(25)22-20)14-6-9-18(26-3)21-11-14/h4-9,11,16H,10H2,1-3H3,(H,22,25). The molecule has 132 valence electrons. The van der Waals surface area contributed by atoms with Crippen molar-refractivity contribution in [3.63, 3.8) is 0 Å². The van der Waals surface area contributed by atoms with Crippen molar-refractivity contribution >= 4 is 11.7 Å². The SMILES string of the molecule is COc1ccc(C2CC(=O)Nc3c2c(C)nn3-c2ccc(C)cc2)cn1. The summed E-state index contributed by atoms with van der Waals surface area (Å²) < 4.78 is 6.95. The van der Waals surface area contributed by atoms with Crippen LogP contribution in [0, 0.1) is 13.8 Å². The van der Waals surface area contributed by atoms with E-state index in [0.29, 0.717) is 12.3 Å². The summed E-state index contributed by atoms with van der Waals surface area (Å²) in [5, 5.41) is 7.69. The largest absolute Gasteiger partial charge is 0.481 e. The quantitative estimate of drug-likeness (QED) is 0.788. The van der Waals surface area contributed by atoms with Crippen LogP contribution in [0.5, 0.6) is 5.88 Å². The Hall–Kier alpha value is -3.15. The second-order valence-electron chi connectivity index (χ2n) is 6.53. The van der Waals surface area contributed by atoms with E-state index in [1.165, 1.54) is 5.56 Å². The number of amides is 1. The van der Waals surface area contributed by atoms with Gasteiger partial charge in [0, 0.05) is 30.2 Å². The molecule has 2 aromatic heterocycles. The maximum Gasteiger partial charge on any atom is 0.226 e. The van der Waals surface area contributed by atoms with Gasteiger partial charge in [0.1, 0.15) is 5.82 Å². The van der Waals surface area contributed by atoms with Crippen molar-refractivity contribution in [2.45, 2.75) is 26.2 Å². The van der Waals surface area contributed by atoms with Crippen LogP contribution < -0.4 is 10.1 Å². The van der Waals surface area contributed by atoms with Gasteiger partial charge in [0.2, 0.25) is 11.8 Å². The van der Waals surface area contributed by atoms with Crippen LogP contribution in [0.15, 0.2) is 42.6 Å². The van der Waals surface area contributed by atoms with E-state index in [0.717, 1.165) is 28.3 Å². The maximum absolute atomic E-state index is 12.4. The first-order valence-corrected chi connectivity index (χ1v) is 8.53. The summed E-state index contributed by atoms with van der Waals surface area (Å²) in [6.45, 7) is 4.02. The summed E-state index contributed by atoms with van der Waals surface area (Å²) in [4.78, 5) is 16.7. The van der Waals surface area contributed by atoms with Gasteiger partial charge in [0.05, 0.1) is 18.5 Å². The summed E-state index contributed by atoms with van der Waals surface area (Å²) in [6.07, 6.45) is 2.15. The lowest BCUT2D eigenvalue weighted by atomic mass is 9.86. The van der Waals surface area contributed by atoms with Crippen molar-refractivity contribution in [3.8, 4) is 11.6 Å². The number of anilines is 1. The minimum atomic E-state index is -0.0728. The molecule has 6 nitrogen and oxygen atoms in total. The number of nitrogens with one attached hydrogen (secondary N) is 1. The van der Waals surface area contributed by atoms with E-state index in [1.807, 2.05) is 54.9 Å². The summed E-state index contributed by atoms with van der Waals surface area (Å²) in [7, 11) is 1.59. The Balaban J connectivity index is 1.82. The molecule has 1 aromatic carbocycles. The maximum atomic E-state index is 12.4. The minimum Gasteiger partial charge on any atom is -0.481 e. The highest BCUT2D eigenvalue weighted by molar-refractivity contribution is 5.95. The monoisotopic (exact) mass is 348 g/mol. The van der Waals surface area contributed by atoms with Gasteiger partial charge in [0.15, 0.2) is 0 Å². The van der Waals surface area contributed by atoms with E-state index < -0.39 is 0 Å². The number of aromatic nitrogens is 3. The Morgan fingerprint density at radius 2 is 1.92 bits per heavy atom. The van der Waals surface area contributed by atoms with Gasteiger partial charge in [0.25, 0.3) is 0 Å². The van der Waals surface area contributed by atoms with Crippen molar-refractivity contribution in [1.29, 1.82) is 0 Å². The predicted octanol–water partition coefficient (Wildman–Crippen LogP) is 3.37. The van der Waals surface area contributed by atoms with E-state index in [2.05, 4.69) is 10.3 Å². The second-order valence-corrected chi connectivity index (χ2v) is 6.53. The van der Waals surface area contributed by atoms with Crippen LogP contribution in [0.25, 0.3) is 5.69 Å². The fraction of sp³-hybridized carbons (Fsp3) is 0.250. The van der Waals surface area contributed by atoms with Crippen molar-refractivity contribution in [1.82, 2.24) is 14.8 Å². The Morgan fingerprint density at radius 1 is 1.15 bits per heavy atom. The number of fused-ring (bicyclic) bond motifs is 1. The van der Waals surface area contributed by atoms with Gasteiger partial charge >= 0.3 is 0 Å². The lowest BCUT2D eigenvalue weighted by Crippen LogP contribution is -2.25. The molecule has 0 bridgehead atoms. The average molecular weight is 348 g/mol. The lowest BCUT2D eigenvalue weighted by Gasteiger charge is -2.24. The van der Waals surface area contributed by atoms with E-state index in [4.69, 9.17) is 9.84 Å². The molecule has 3 heterocycles. The molecule has 0 radical (unpaired) electrons. The highest BCUT2D eigenvalue weighted by Crippen LogP contribution is 2.40. The molecule has 26 heavy (non-hydrogen) atoms. The normalized spacial score (nSPS) is 16.1. The number of hydrogen-bond donors (Lipinski definition) is 1. The molecule has 1 unspecified atom stereocenters. The third kappa shape index (κ3) is 2.73. The molecule has 6 heteroatoms. The number of aryl methyl sites for hydroxylation is 2. The Kier molecular flexibility index (Phi) is 3.95. The molecule has 0 saturated carbocycles. The van der Waals surface area contributed by atoms with Crippen LogP contribution in [-0.2, 0) is 4.79 Å². The molecule has 1 aliphatic heterocycles. The number of benzene rings is 1. The second kappa shape index (κ2) is 6.29. The fourth-order valence-corrected chi connectivity index (χ4v) is 3.42. The molecule has 0 aliphatic carbocycles. The molecule has 1 N–H and O–H groups in total. The van der Waals surface area contributed by atoms with Gasteiger partial charge in [-0.25, -0.2) is 9.67 Å². The van der Waals surface area contributed by atoms with Gasteiger partial charge in [-0.2, -0.15) is 5.10 Å². The van der Waals surface area contributed by atoms with E-state index in [-0.39, 0.29) is 11.8 Å². The predicted molar refractivity (Wildman–Crippen MR) is 98.9 cm³/mol. The zero-order valence-electron chi connectivity index (χ0n) is 15.0. The highest BCUT2D eigenvalue weighted by Gasteiger charge is 2.32. The Morgan fingerprint density at radius 3 is 2.58 bits per heavy atom. The van der Waals surface area contributed by atoms with E-state index in [9.17, 15) is 4.79 Å². The molecule has 1 amide bonds. The number of carbonyl (C=O) groups excluding carboxylic acids is 1. The molecule has 3 aromatic rings. The van der Waals surface area contributed by atoms with Crippen LogP contribution in [0.1, 0.15) is 34.7 Å². The van der Waals surface area contributed by atoms with Crippen LogP contribution in [0.4, 0.5) is 5.82 Å². The number of nitrogens with zero attached hydrogens (tertiary/aromatic N) is 3. The molecule has 0 fully saturated rings. The molecular weight excluding hydrogens is 328 g/mol. The molecule has 1 atom stereocenters. The summed E-state index contributed by atoms with van der Waals surface area (Å²) in [6, 6.07) is 11.9. The van der Waals surface area contributed by atoms with Gasteiger partial charge in [-0.05, 0) is 31.5 Å². The number of methoxy groups -OCH3 is 1. The molecule has 1 aliphatic rings. The molecule has 0 saturated heterocycles. The van der Waals surface area contributed by atoms with Crippen molar-refractivity contribution in [3.05, 3.63) is 65.0 Å². The first-order chi connectivity index (χ1) is 12.6. The third-order valence-corrected chi connectivity index (χ3v) is 4.75. The Labute approximate surface area is 151 Å². The third-order valence-electron chi connectivity index (χ3n) is 4.75. The molecular formula is C20H20N4O2. The van der Waals surface area contributed by atoms with Crippen molar-refractivity contribution in [2.75, 3.05) is 12.4 Å². The lowest BCUT2D eigenvalue weighted by molar-refractivity contribution is -0.116. The van der Waals surface area contributed by atoms with Gasteiger partial charge < -0.3 is 10.1 Å². The fourth-order valence-electron chi connectivity index (χ4n) is 3.42. The number of rotatable bonds is 3. The summed E-state index contributed by atoms with van der Waals surface area (Å²) in [5.41, 5.74) is 5.03. The molecule has 0 spiro atoms. The van der Waals surface area contributed by atoms with Gasteiger partial charge in [-0.3, -0.25) is 4.79 Å². The Bertz CT molecular complexity index is 959. The van der Waals surface area contributed by atoms with Crippen molar-refractivity contribution < 1.29 is 9.53 Å². The number of pyridine rings is 1. The number of carbonyl (C=O) groups is 1. The van der Waals surface area contributed by atoms with Crippen LogP contribution in [0.3, 0.4) is 0 Å². The van der Waals surface area contributed by atoms with Crippen molar-refractivity contribution in [2.24, 2.45) is 0 Å². The first kappa shape index (κ1) is 16.3. The van der Waals surface area contributed by atoms with Crippen LogP contribution in [0.2, 0.25) is 0 Å². The first-order valence-electron chi connectivity index (χ1n) is 8.53. The number of hydrogen-bond acceptors (Lipinski definition) is 4. The zero-order valence-corrected chi connectivity index (χ0v) is 15.0. The summed E-state index contributed by atoms with van der Waals surface area (Å²) in [5.74, 6) is 1.20. The van der Waals surface area contributed by atoms with E-state index in [1.54, 1.807) is 13.3 Å². The van der Waals surface area contributed by atoms with Gasteiger partial charge in [-0.1, -0.05) is 23.8 Å². The topological polar surface area (TPSA) is 69.0 Å². The summed E-state index contributed by atoms with van der Waals surface area (Å²) >= 11 is 0. The van der Waals surface area contributed by atoms with Gasteiger partial charge in [-0.15, -0.1) is 0 Å². The van der Waals surface area contributed by atoms with Crippen LogP contribution >= 0.6 is 0 Å². The molecule has 4 rings (SSSR count).